The number of aromatic nitrogens is 2. The molecule has 0 aliphatic heterocycles. The topological polar surface area (TPSA) is 64.5 Å². The van der Waals surface area contributed by atoms with Gasteiger partial charge in [0.2, 0.25) is 0 Å². The van der Waals surface area contributed by atoms with Gasteiger partial charge in [0.1, 0.15) is 12.4 Å². The van der Waals surface area contributed by atoms with Gasteiger partial charge in [0.15, 0.2) is 0 Å². The van der Waals surface area contributed by atoms with Gasteiger partial charge < -0.3 is 4.74 Å². The first kappa shape index (κ1) is 21.0. The van der Waals surface area contributed by atoms with E-state index in [1.807, 2.05) is 57.2 Å². The molecule has 0 bridgehead atoms. The van der Waals surface area contributed by atoms with Gasteiger partial charge >= 0.3 is 0 Å². The maximum atomic E-state index is 13.2. The van der Waals surface area contributed by atoms with Crippen molar-refractivity contribution in [2.75, 3.05) is 5.06 Å². The highest BCUT2D eigenvalue weighted by Crippen LogP contribution is 2.22. The van der Waals surface area contributed by atoms with Crippen LogP contribution in [0.2, 0.25) is 0 Å². The van der Waals surface area contributed by atoms with E-state index in [9.17, 15) is 4.79 Å². The summed E-state index contributed by atoms with van der Waals surface area (Å²) in [5, 5.41) is 1.11. The molecule has 2 aromatic carbocycles. The Labute approximate surface area is 178 Å². The normalized spacial score (nSPS) is 11.2. The summed E-state index contributed by atoms with van der Waals surface area (Å²) < 4.78 is 6.54. The Balaban J connectivity index is 1.82. The number of hydrogen-bond acceptors (Lipinski definition) is 5. The quantitative estimate of drug-likeness (QED) is 0.478. The van der Waals surface area contributed by atoms with Crippen molar-refractivity contribution in [3.05, 3.63) is 82.6 Å². The Morgan fingerprint density at radius 1 is 1.03 bits per heavy atom. The third-order valence-electron chi connectivity index (χ3n) is 3.67. The third-order valence-corrected chi connectivity index (χ3v) is 4.08. The summed E-state index contributed by atoms with van der Waals surface area (Å²) in [5.41, 5.74) is 0.838. The minimum Gasteiger partial charge on any atom is -0.489 e. The fraction of sp³-hybridized carbons (Fsp3) is 0.227. The molecule has 3 aromatic rings. The predicted octanol–water partition coefficient (Wildman–Crippen LogP) is 5.20. The largest absolute Gasteiger partial charge is 0.489 e. The summed E-state index contributed by atoms with van der Waals surface area (Å²) in [6.07, 6.45) is 3.13. The van der Waals surface area contributed by atoms with Crippen molar-refractivity contribution in [1.29, 1.82) is 0 Å². The van der Waals surface area contributed by atoms with Gasteiger partial charge in [-0.05, 0) is 60.5 Å². The van der Waals surface area contributed by atoms with E-state index >= 15 is 0 Å². The van der Waals surface area contributed by atoms with Crippen LogP contribution in [0, 0.1) is 0 Å². The Hall–Kier alpha value is -2.77. The van der Waals surface area contributed by atoms with Crippen LogP contribution in [0.1, 0.15) is 36.7 Å². The molecule has 0 fully saturated rings. The van der Waals surface area contributed by atoms with E-state index in [1.54, 1.807) is 30.6 Å². The van der Waals surface area contributed by atoms with Crippen molar-refractivity contribution in [2.45, 2.75) is 33.0 Å². The molecule has 29 heavy (non-hydrogen) atoms. The fourth-order valence-electron chi connectivity index (χ4n) is 2.43. The van der Waals surface area contributed by atoms with Crippen LogP contribution in [0.4, 0.5) is 5.95 Å². The molecule has 0 radical (unpaired) electrons. The second-order valence-corrected chi connectivity index (χ2v) is 8.22. The van der Waals surface area contributed by atoms with Gasteiger partial charge in [-0.25, -0.2) is 9.97 Å². The van der Waals surface area contributed by atoms with Crippen LogP contribution in [0.5, 0.6) is 5.75 Å². The second-order valence-electron chi connectivity index (χ2n) is 7.31. The van der Waals surface area contributed by atoms with Gasteiger partial charge in [0.25, 0.3) is 11.9 Å². The number of hydrogen-bond donors (Lipinski definition) is 0. The van der Waals surface area contributed by atoms with Crippen molar-refractivity contribution in [3.63, 3.8) is 0 Å². The number of carbonyl (C=O) groups is 1. The number of anilines is 1. The van der Waals surface area contributed by atoms with E-state index < -0.39 is 5.60 Å². The molecule has 3 rings (SSSR count). The molecule has 0 aliphatic carbocycles. The molecule has 1 amide bonds. The number of rotatable bonds is 6. The van der Waals surface area contributed by atoms with Crippen LogP contribution >= 0.6 is 15.9 Å². The van der Waals surface area contributed by atoms with E-state index in [4.69, 9.17) is 9.57 Å². The Bertz CT molecular complexity index is 957. The van der Waals surface area contributed by atoms with Crippen LogP contribution in [0.25, 0.3) is 0 Å². The van der Waals surface area contributed by atoms with Gasteiger partial charge in [-0.1, -0.05) is 36.4 Å². The zero-order valence-corrected chi connectivity index (χ0v) is 18.1. The predicted molar refractivity (Wildman–Crippen MR) is 115 cm³/mol. The van der Waals surface area contributed by atoms with E-state index in [-0.39, 0.29) is 11.9 Å². The molecule has 0 saturated heterocycles. The number of hydroxylamine groups is 1. The van der Waals surface area contributed by atoms with Crippen LogP contribution < -0.4 is 9.80 Å². The third kappa shape index (κ3) is 6.10. The van der Waals surface area contributed by atoms with Crippen molar-refractivity contribution in [3.8, 4) is 5.75 Å². The maximum absolute atomic E-state index is 13.2. The van der Waals surface area contributed by atoms with Gasteiger partial charge in [-0.2, -0.15) is 0 Å². The molecule has 0 atom stereocenters. The number of benzene rings is 2. The highest BCUT2D eigenvalue weighted by atomic mass is 79.9. The van der Waals surface area contributed by atoms with E-state index in [0.717, 1.165) is 10.6 Å². The Morgan fingerprint density at radius 2 is 1.72 bits per heavy atom. The number of nitrogens with zero attached hydrogens (tertiary/aromatic N) is 3. The van der Waals surface area contributed by atoms with E-state index in [0.29, 0.717) is 22.4 Å². The van der Waals surface area contributed by atoms with Crippen LogP contribution in [-0.2, 0) is 11.4 Å². The molecule has 0 unspecified atom stereocenters. The first-order valence-corrected chi connectivity index (χ1v) is 9.89. The monoisotopic (exact) mass is 455 g/mol. The molecule has 0 spiro atoms. The average molecular weight is 456 g/mol. The van der Waals surface area contributed by atoms with Gasteiger partial charge in [0, 0.05) is 18.0 Å². The van der Waals surface area contributed by atoms with Crippen LogP contribution in [0.3, 0.4) is 0 Å². The summed E-state index contributed by atoms with van der Waals surface area (Å²) >= 11 is 3.30. The molecule has 1 heterocycles. The number of amides is 1. The van der Waals surface area contributed by atoms with Crippen molar-refractivity contribution in [1.82, 2.24) is 9.97 Å². The molecular formula is C22H22BrN3O3. The molecule has 6 nitrogen and oxygen atoms in total. The SMILES string of the molecule is CC(C)(C)ON(C(=O)c1cccc(OCc2ccccc2)c1)c1ncc(Br)cn1. The molecular weight excluding hydrogens is 434 g/mol. The molecule has 1 aromatic heterocycles. The highest BCUT2D eigenvalue weighted by Gasteiger charge is 2.27. The van der Waals surface area contributed by atoms with Gasteiger partial charge in [-0.15, -0.1) is 5.06 Å². The lowest BCUT2D eigenvalue weighted by atomic mass is 10.2. The standard InChI is InChI=1S/C22H22BrN3O3/c1-22(2,3)29-26(21-24-13-18(23)14-25-21)20(27)17-10-7-11-19(12-17)28-15-16-8-5-4-6-9-16/h4-14H,15H2,1-3H3. The van der Waals surface area contributed by atoms with E-state index in [1.165, 1.54) is 0 Å². The lowest BCUT2D eigenvalue weighted by molar-refractivity contribution is -0.0177. The second kappa shape index (κ2) is 9.15. The Morgan fingerprint density at radius 3 is 2.38 bits per heavy atom. The van der Waals surface area contributed by atoms with E-state index in [2.05, 4.69) is 25.9 Å². The Kier molecular flexibility index (Phi) is 6.61. The molecule has 0 aliphatic rings. The van der Waals surface area contributed by atoms with Gasteiger partial charge in [-0.3, -0.25) is 9.63 Å². The average Bonchev–Trinajstić information content (AvgIpc) is 2.71. The summed E-state index contributed by atoms with van der Waals surface area (Å²) in [7, 11) is 0. The van der Waals surface area contributed by atoms with Crippen LogP contribution in [0.15, 0.2) is 71.5 Å². The lowest BCUT2D eigenvalue weighted by Gasteiger charge is -2.28. The zero-order valence-electron chi connectivity index (χ0n) is 16.5. The lowest BCUT2D eigenvalue weighted by Crippen LogP contribution is -2.39. The van der Waals surface area contributed by atoms with Gasteiger partial charge in [0.05, 0.1) is 10.1 Å². The summed E-state index contributed by atoms with van der Waals surface area (Å²) in [4.78, 5) is 27.4. The fourth-order valence-corrected chi connectivity index (χ4v) is 2.64. The highest BCUT2D eigenvalue weighted by molar-refractivity contribution is 9.10. The summed E-state index contributed by atoms with van der Waals surface area (Å²) in [6, 6.07) is 16.8. The summed E-state index contributed by atoms with van der Waals surface area (Å²) in [6.45, 7) is 5.97. The maximum Gasteiger partial charge on any atom is 0.285 e. The summed E-state index contributed by atoms with van der Waals surface area (Å²) in [5.74, 6) is 0.364. The molecule has 0 saturated carbocycles. The number of halogens is 1. The minimum absolute atomic E-state index is 0.156. The van der Waals surface area contributed by atoms with Crippen LogP contribution in [-0.4, -0.2) is 21.5 Å². The van der Waals surface area contributed by atoms with Crippen molar-refractivity contribution in [2.24, 2.45) is 0 Å². The minimum atomic E-state index is -0.618. The van der Waals surface area contributed by atoms with Crippen molar-refractivity contribution < 1.29 is 14.4 Å². The molecule has 0 N–H and O–H groups in total. The molecule has 7 heteroatoms. The smallest absolute Gasteiger partial charge is 0.285 e. The van der Waals surface area contributed by atoms with Crippen molar-refractivity contribution >= 4 is 27.8 Å². The first-order chi connectivity index (χ1) is 13.8. The number of carbonyl (C=O) groups excluding carboxylic acids is 1. The zero-order chi connectivity index (χ0) is 20.9. The molecule has 150 valence electrons. The number of ether oxygens (including phenoxy) is 1. The first-order valence-electron chi connectivity index (χ1n) is 9.10.